The summed E-state index contributed by atoms with van der Waals surface area (Å²) in [6, 6.07) is 17.5. The third kappa shape index (κ3) is 3.25. The number of ether oxygens (including phenoxy) is 1. The fourth-order valence-electron chi connectivity index (χ4n) is 2.01. The maximum atomic E-state index is 5.72. The normalized spacial score (nSPS) is 10.5. The lowest BCUT2D eigenvalue weighted by Gasteiger charge is -2.13. The molecule has 1 heterocycles. The molecular weight excluding hydrogens is 278 g/mol. The van der Waals surface area contributed by atoms with Crippen LogP contribution in [0.5, 0.6) is 5.75 Å². The highest BCUT2D eigenvalue weighted by atomic mass is 16.5. The van der Waals surface area contributed by atoms with Gasteiger partial charge in [0.2, 0.25) is 5.82 Å². The second kappa shape index (κ2) is 6.30. The van der Waals surface area contributed by atoms with Gasteiger partial charge in [-0.25, -0.2) is 0 Å². The molecule has 0 radical (unpaired) electrons. The molecule has 0 aliphatic heterocycles. The lowest BCUT2D eigenvalue weighted by atomic mass is 10.2. The van der Waals surface area contributed by atoms with Crippen LogP contribution in [0.25, 0.3) is 11.5 Å². The van der Waals surface area contributed by atoms with Crippen LogP contribution in [-0.2, 0) is 6.61 Å². The molecule has 3 aromatic rings. The smallest absolute Gasteiger partial charge is 0.258 e. The summed E-state index contributed by atoms with van der Waals surface area (Å²) < 4.78 is 11.0. The minimum Gasteiger partial charge on any atom is -0.485 e. The molecule has 0 unspecified atom stereocenters. The molecule has 2 aromatic carbocycles. The standard InChI is InChI=1S/C17H17N3O2/c1-20(2)14-9-6-10-15(11-14)21-12-16-18-17(22-19-16)13-7-4-3-5-8-13/h3-11H,12H2,1-2H3. The molecule has 0 fully saturated rings. The number of hydrogen-bond acceptors (Lipinski definition) is 5. The van der Waals surface area contributed by atoms with Gasteiger partial charge in [0.1, 0.15) is 5.75 Å². The first-order chi connectivity index (χ1) is 10.7. The van der Waals surface area contributed by atoms with E-state index in [0.717, 1.165) is 17.0 Å². The lowest BCUT2D eigenvalue weighted by Crippen LogP contribution is -2.08. The van der Waals surface area contributed by atoms with Crippen molar-refractivity contribution in [1.29, 1.82) is 0 Å². The van der Waals surface area contributed by atoms with Gasteiger partial charge in [-0.05, 0) is 24.3 Å². The average molecular weight is 295 g/mol. The highest BCUT2D eigenvalue weighted by molar-refractivity contribution is 5.52. The largest absolute Gasteiger partial charge is 0.485 e. The van der Waals surface area contributed by atoms with E-state index in [9.17, 15) is 0 Å². The van der Waals surface area contributed by atoms with Crippen molar-refractivity contribution in [2.75, 3.05) is 19.0 Å². The van der Waals surface area contributed by atoms with E-state index in [1.54, 1.807) is 0 Å². The van der Waals surface area contributed by atoms with Crippen molar-refractivity contribution in [3.05, 3.63) is 60.4 Å². The predicted molar refractivity (Wildman–Crippen MR) is 84.8 cm³/mol. The van der Waals surface area contributed by atoms with Gasteiger partial charge in [-0.3, -0.25) is 0 Å². The number of aromatic nitrogens is 2. The minimum atomic E-state index is 0.271. The molecule has 0 spiro atoms. The summed E-state index contributed by atoms with van der Waals surface area (Å²) in [5.74, 6) is 1.80. The highest BCUT2D eigenvalue weighted by Crippen LogP contribution is 2.21. The van der Waals surface area contributed by atoms with E-state index in [1.807, 2.05) is 73.6 Å². The Kier molecular flexibility index (Phi) is 4.05. The lowest BCUT2D eigenvalue weighted by molar-refractivity contribution is 0.287. The topological polar surface area (TPSA) is 51.4 Å². The van der Waals surface area contributed by atoms with Crippen LogP contribution in [0.1, 0.15) is 5.82 Å². The SMILES string of the molecule is CN(C)c1cccc(OCc2noc(-c3ccccc3)n2)c1. The Hall–Kier alpha value is -2.82. The monoisotopic (exact) mass is 295 g/mol. The van der Waals surface area contributed by atoms with Crippen LogP contribution < -0.4 is 9.64 Å². The number of rotatable bonds is 5. The van der Waals surface area contributed by atoms with E-state index in [-0.39, 0.29) is 6.61 Å². The van der Waals surface area contributed by atoms with Gasteiger partial charge in [0.05, 0.1) is 0 Å². The molecule has 0 atom stereocenters. The summed E-state index contributed by atoms with van der Waals surface area (Å²) >= 11 is 0. The van der Waals surface area contributed by atoms with Crippen molar-refractivity contribution in [1.82, 2.24) is 10.1 Å². The molecule has 0 aliphatic rings. The second-order valence-corrected chi connectivity index (χ2v) is 5.06. The van der Waals surface area contributed by atoms with Gasteiger partial charge >= 0.3 is 0 Å². The van der Waals surface area contributed by atoms with Gasteiger partial charge in [0.25, 0.3) is 5.89 Å². The fourth-order valence-corrected chi connectivity index (χ4v) is 2.01. The zero-order chi connectivity index (χ0) is 15.4. The summed E-state index contributed by atoms with van der Waals surface area (Å²) in [5.41, 5.74) is 1.98. The Balaban J connectivity index is 1.67. The molecule has 5 heteroatoms. The molecule has 0 bridgehead atoms. The summed E-state index contributed by atoms with van der Waals surface area (Å²) in [4.78, 5) is 6.36. The number of hydrogen-bond donors (Lipinski definition) is 0. The summed E-state index contributed by atoms with van der Waals surface area (Å²) in [7, 11) is 3.98. The molecule has 0 aliphatic carbocycles. The van der Waals surface area contributed by atoms with Crippen LogP contribution in [-0.4, -0.2) is 24.2 Å². The van der Waals surface area contributed by atoms with E-state index in [1.165, 1.54) is 0 Å². The van der Waals surface area contributed by atoms with Crippen molar-refractivity contribution < 1.29 is 9.26 Å². The molecule has 112 valence electrons. The van der Waals surface area contributed by atoms with Crippen molar-refractivity contribution in [2.24, 2.45) is 0 Å². The maximum Gasteiger partial charge on any atom is 0.258 e. The predicted octanol–water partition coefficient (Wildman–Crippen LogP) is 3.38. The van der Waals surface area contributed by atoms with Gasteiger partial charge in [-0.2, -0.15) is 4.98 Å². The Morgan fingerprint density at radius 1 is 1.05 bits per heavy atom. The van der Waals surface area contributed by atoms with Gasteiger partial charge in [-0.1, -0.05) is 29.4 Å². The molecule has 0 saturated carbocycles. The zero-order valence-corrected chi connectivity index (χ0v) is 12.6. The summed E-state index contributed by atoms with van der Waals surface area (Å²) in [6.45, 7) is 0.271. The highest BCUT2D eigenvalue weighted by Gasteiger charge is 2.09. The zero-order valence-electron chi connectivity index (χ0n) is 12.6. The average Bonchev–Trinajstić information content (AvgIpc) is 3.03. The molecule has 3 rings (SSSR count). The summed E-state index contributed by atoms with van der Waals surface area (Å²) in [5, 5.41) is 3.94. The molecular formula is C17H17N3O2. The Morgan fingerprint density at radius 3 is 2.64 bits per heavy atom. The van der Waals surface area contributed by atoms with Crippen LogP contribution in [0.4, 0.5) is 5.69 Å². The van der Waals surface area contributed by atoms with Crippen LogP contribution >= 0.6 is 0 Å². The Morgan fingerprint density at radius 2 is 1.86 bits per heavy atom. The van der Waals surface area contributed by atoms with Crippen molar-refractivity contribution in [2.45, 2.75) is 6.61 Å². The van der Waals surface area contributed by atoms with Gasteiger partial charge in [0, 0.05) is 31.4 Å². The van der Waals surface area contributed by atoms with Crippen molar-refractivity contribution in [3.63, 3.8) is 0 Å². The second-order valence-electron chi connectivity index (χ2n) is 5.06. The van der Waals surface area contributed by atoms with E-state index >= 15 is 0 Å². The molecule has 1 aromatic heterocycles. The fraction of sp³-hybridized carbons (Fsp3) is 0.176. The minimum absolute atomic E-state index is 0.271. The van der Waals surface area contributed by atoms with Crippen LogP contribution in [0.2, 0.25) is 0 Å². The van der Waals surface area contributed by atoms with Gasteiger partial charge in [-0.15, -0.1) is 0 Å². The molecule has 22 heavy (non-hydrogen) atoms. The first kappa shape index (κ1) is 14.1. The third-order valence-corrected chi connectivity index (χ3v) is 3.19. The molecule has 0 saturated heterocycles. The van der Waals surface area contributed by atoms with Crippen LogP contribution in [0, 0.1) is 0 Å². The molecule has 5 nitrogen and oxygen atoms in total. The first-order valence-electron chi connectivity index (χ1n) is 7.00. The van der Waals surface area contributed by atoms with E-state index in [2.05, 4.69) is 10.1 Å². The summed E-state index contributed by atoms with van der Waals surface area (Å²) in [6.07, 6.45) is 0. The van der Waals surface area contributed by atoms with Gasteiger partial charge < -0.3 is 14.2 Å². The Bertz CT molecular complexity index is 738. The van der Waals surface area contributed by atoms with Crippen molar-refractivity contribution >= 4 is 5.69 Å². The quantitative estimate of drug-likeness (QED) is 0.722. The number of nitrogens with zero attached hydrogens (tertiary/aromatic N) is 3. The van der Waals surface area contributed by atoms with E-state index in [0.29, 0.717) is 11.7 Å². The van der Waals surface area contributed by atoms with Crippen LogP contribution in [0.15, 0.2) is 59.1 Å². The van der Waals surface area contributed by atoms with Gasteiger partial charge in [0.15, 0.2) is 6.61 Å². The number of benzene rings is 2. The Labute approximate surface area is 129 Å². The van der Waals surface area contributed by atoms with E-state index in [4.69, 9.17) is 9.26 Å². The molecule has 0 N–H and O–H groups in total. The number of anilines is 1. The first-order valence-corrected chi connectivity index (χ1v) is 7.00. The van der Waals surface area contributed by atoms with E-state index < -0.39 is 0 Å². The van der Waals surface area contributed by atoms with Crippen molar-refractivity contribution in [3.8, 4) is 17.2 Å². The maximum absolute atomic E-state index is 5.72. The van der Waals surface area contributed by atoms with Crippen LogP contribution in [0.3, 0.4) is 0 Å². The molecule has 0 amide bonds. The third-order valence-electron chi connectivity index (χ3n) is 3.19.